The van der Waals surface area contributed by atoms with Gasteiger partial charge in [-0.15, -0.1) is 74.3 Å². The van der Waals surface area contributed by atoms with E-state index in [-0.39, 0.29) is 24.8 Å². The Morgan fingerprint density at radius 1 is 0.287 bits per heavy atom. The van der Waals surface area contributed by atoms with Crippen molar-refractivity contribution in [1.29, 1.82) is 5.26 Å². The number of pyridine rings is 6. The van der Waals surface area contributed by atoms with E-state index in [4.69, 9.17) is 65.7 Å². The smallest absolute Gasteiger partial charge is 0.255 e. The molecule has 0 aliphatic heterocycles. The molecule has 26 heteroatoms. The van der Waals surface area contributed by atoms with Gasteiger partial charge in [0.1, 0.15) is 34.2 Å². The van der Waals surface area contributed by atoms with Crippen molar-refractivity contribution in [1.82, 2.24) is 60.5 Å². The Kier molecular flexibility index (Phi) is 22.7. The number of hydrogen-bond donors (Lipinski definition) is 0. The largest absolute Gasteiger partial charge is 2.00 e. The van der Waals surface area contributed by atoms with Crippen LogP contribution in [0.4, 0.5) is 0 Å². The zero-order chi connectivity index (χ0) is 69.9. The molecule has 15 aromatic rings. The van der Waals surface area contributed by atoms with Crippen molar-refractivity contribution in [3.8, 4) is 141 Å². The van der Waals surface area contributed by atoms with Crippen LogP contribution in [-0.2, 0) is 19.5 Å². The molecule has 490 valence electrons. The van der Waals surface area contributed by atoms with Crippen LogP contribution in [0.25, 0.3) is 167 Å². The first-order valence-corrected chi connectivity index (χ1v) is 33.6. The van der Waals surface area contributed by atoms with Gasteiger partial charge in [-0.1, -0.05) is 146 Å². The number of rotatable bonds is 6. The predicted octanol–water partition coefficient (Wildman–Crippen LogP) is 8.64. The number of fused-ring (bicyclic) bond motifs is 9. The van der Waals surface area contributed by atoms with Crippen molar-refractivity contribution in [2.45, 2.75) is 6.92 Å². The molecule has 101 heavy (non-hydrogen) atoms. The van der Waals surface area contributed by atoms with Gasteiger partial charge in [-0.2, -0.15) is 5.26 Å². The van der Waals surface area contributed by atoms with E-state index in [1.165, 1.54) is 72.6 Å². The van der Waals surface area contributed by atoms with E-state index in [0.717, 1.165) is 102 Å². The standard InChI is InChI=1S/3C24H14N4.C2H3N.CH2Cl2.2ClHO4.Zn/c3*1-3-13-25-18(11-1)23-21-16-9-5-7-15-8-6-10-17(20(15)16)22(21)24(28-27-23)19-12-2-4-14-26-19;1-2-3;2-1-3;2*2-1(3,4)5;/h3*1-14H;1H3;1H2;2*(H,2,3,4,5);/q;;;;;;;+2/p-2. The number of nitrogens with zero attached hydrogens (tertiary/aromatic N) is 13. The molecule has 9 aromatic heterocycles. The van der Waals surface area contributed by atoms with E-state index in [1.54, 1.807) is 43.3 Å². The van der Waals surface area contributed by atoms with Gasteiger partial charge < -0.3 is 0 Å². The van der Waals surface area contributed by atoms with Gasteiger partial charge in [0, 0.05) is 77.5 Å². The van der Waals surface area contributed by atoms with Crippen LogP contribution in [0, 0.1) is 31.8 Å². The summed E-state index contributed by atoms with van der Waals surface area (Å²) in [5.41, 5.74) is 23.3. The van der Waals surface area contributed by atoms with Crippen molar-refractivity contribution < 1.29 is 77.2 Å². The Labute approximate surface area is 603 Å². The van der Waals surface area contributed by atoms with Crippen molar-refractivity contribution in [3.05, 3.63) is 256 Å². The number of benzene rings is 6. The fourth-order valence-corrected chi connectivity index (χ4v) is 12.2. The molecule has 0 unspecified atom stereocenters. The number of hydrogen-bond acceptors (Lipinski definition) is 21. The quantitative estimate of drug-likeness (QED) is 0.111. The maximum atomic E-state index is 8.49. The SMILES string of the molecule is CC#N.ClCCl.[O-][Cl+3]([O-])([O-])[O-].[O-][Cl+3]([O-])([O-])[O-].[Zn+2].c1ccc(-c2nnc(-c3ccccn3)c3c2-c2cccc4cccc-3c24)nc1.c1ccc(-c2nnc(-c3ccccn3)c3c2-c2cccc4cccc-3c24)nc1.c1ccc(-c2nnc(-c3ccccn3)c3c2-c2cccc4cccc-3c24)nc1. The predicted molar refractivity (Wildman–Crippen MR) is 359 cm³/mol. The molecule has 0 saturated heterocycles. The Morgan fingerprint density at radius 2 is 0.436 bits per heavy atom. The van der Waals surface area contributed by atoms with E-state index in [9.17, 15) is 0 Å². The van der Waals surface area contributed by atoms with Gasteiger partial charge in [0.05, 0.1) is 45.6 Å². The molecule has 0 spiro atoms. The van der Waals surface area contributed by atoms with Gasteiger partial charge in [-0.25, -0.2) is 37.3 Å². The number of alkyl halides is 2. The monoisotopic (exact) mass is 1460 g/mol. The van der Waals surface area contributed by atoms with Gasteiger partial charge >= 0.3 is 19.5 Å². The third-order valence-electron chi connectivity index (χ3n) is 15.7. The third kappa shape index (κ3) is 15.6. The van der Waals surface area contributed by atoms with E-state index in [0.29, 0.717) is 0 Å². The van der Waals surface area contributed by atoms with Crippen LogP contribution in [0.3, 0.4) is 0 Å². The van der Waals surface area contributed by atoms with Crippen molar-refractivity contribution in [2.75, 3.05) is 5.34 Å². The minimum atomic E-state index is -4.94. The maximum absolute atomic E-state index is 8.49. The molecule has 0 N–H and O–H groups in total. The summed E-state index contributed by atoms with van der Waals surface area (Å²) in [4.78, 5) is 27.2. The molecule has 9 heterocycles. The van der Waals surface area contributed by atoms with Crippen LogP contribution < -0.4 is 37.3 Å². The zero-order valence-corrected chi connectivity index (χ0v) is 58.7. The average molecular weight is 1470 g/mol. The summed E-state index contributed by atoms with van der Waals surface area (Å²) in [7, 11) is -9.89. The van der Waals surface area contributed by atoms with Crippen LogP contribution in [-0.4, -0.2) is 65.8 Å². The van der Waals surface area contributed by atoms with Crippen molar-refractivity contribution >= 4 is 55.5 Å². The number of nitriles is 1. The first-order chi connectivity index (χ1) is 48.6. The normalized spacial score (nSPS) is 11.1. The van der Waals surface area contributed by atoms with Gasteiger partial charge in [-0.3, -0.25) is 29.9 Å². The first-order valence-electron chi connectivity index (χ1n) is 30.0. The molecule has 21 nitrogen and oxygen atoms in total. The minimum Gasteiger partial charge on any atom is -0.255 e. The van der Waals surface area contributed by atoms with Crippen LogP contribution in [0.5, 0.6) is 0 Å². The molecular formula is C75H47Cl4N13O8Zn. The molecule has 0 amide bonds. The summed E-state index contributed by atoms with van der Waals surface area (Å²) in [5.74, 6) is 0. The fourth-order valence-electron chi connectivity index (χ4n) is 12.2. The first kappa shape index (κ1) is 71.5. The average Bonchev–Trinajstić information content (AvgIpc) is 1.59. The van der Waals surface area contributed by atoms with Crippen LogP contribution >= 0.6 is 23.2 Å². The summed E-state index contributed by atoms with van der Waals surface area (Å²) in [6.07, 6.45) is 10.7. The van der Waals surface area contributed by atoms with Crippen LogP contribution in [0.15, 0.2) is 256 Å². The van der Waals surface area contributed by atoms with Gasteiger partial charge in [0.25, 0.3) is 0 Å². The molecule has 0 bridgehead atoms. The van der Waals surface area contributed by atoms with E-state index in [2.05, 4.69) is 170 Å². The van der Waals surface area contributed by atoms with Crippen molar-refractivity contribution in [3.63, 3.8) is 0 Å². The topological polar surface area (TPSA) is 363 Å². The number of aromatic nitrogens is 12. The summed E-state index contributed by atoms with van der Waals surface area (Å²) in [5, 5.41) is 42.6. The Hall–Kier alpha value is -10.8. The Balaban J connectivity index is 0.000000137. The summed E-state index contributed by atoms with van der Waals surface area (Å²) < 4.78 is 67.9. The van der Waals surface area contributed by atoms with E-state index >= 15 is 0 Å². The number of halogens is 4. The van der Waals surface area contributed by atoms with Gasteiger partial charge in [0.15, 0.2) is 0 Å². The van der Waals surface area contributed by atoms with E-state index in [1.807, 2.05) is 109 Å². The summed E-state index contributed by atoms with van der Waals surface area (Å²) in [6.45, 7) is 1.43. The summed E-state index contributed by atoms with van der Waals surface area (Å²) in [6, 6.07) is 75.4. The minimum absolute atomic E-state index is 0. The molecule has 6 aromatic carbocycles. The Morgan fingerprint density at radius 3 is 0.564 bits per heavy atom. The fraction of sp³-hybridized carbons (Fsp3) is 0.0267. The van der Waals surface area contributed by atoms with Gasteiger partial charge in [-0.05, 0) is 138 Å². The molecule has 0 fully saturated rings. The van der Waals surface area contributed by atoms with Crippen LogP contribution in [0.2, 0.25) is 0 Å². The van der Waals surface area contributed by atoms with Gasteiger partial charge in [0.2, 0.25) is 0 Å². The molecule has 0 atom stereocenters. The molecule has 3 aliphatic carbocycles. The molecule has 0 radical (unpaired) electrons. The second-order valence-corrected chi connectivity index (χ2v) is 23.8. The van der Waals surface area contributed by atoms with E-state index < -0.39 is 20.5 Å². The van der Waals surface area contributed by atoms with Crippen molar-refractivity contribution in [2.24, 2.45) is 0 Å². The maximum Gasteiger partial charge on any atom is 2.00 e. The molecule has 3 aliphatic rings. The van der Waals surface area contributed by atoms with Crippen LogP contribution in [0.1, 0.15) is 6.92 Å². The molecule has 18 rings (SSSR count). The molecule has 0 saturated carbocycles. The Bertz CT molecular complexity index is 4640. The second kappa shape index (κ2) is 32.0. The zero-order valence-electron chi connectivity index (χ0n) is 52.8. The second-order valence-electron chi connectivity index (χ2n) is 21.4. The summed E-state index contributed by atoms with van der Waals surface area (Å²) >= 11 is 9.53. The third-order valence-corrected chi connectivity index (χ3v) is 15.7. The molecular weight excluding hydrogens is 1420 g/mol.